The average Bonchev–Trinajstić information content (AvgIpc) is 2.27. The summed E-state index contributed by atoms with van der Waals surface area (Å²) >= 11 is 0. The predicted molar refractivity (Wildman–Crippen MR) is 55.8 cm³/mol. The molecule has 0 aliphatic heterocycles. The molecule has 14 heavy (non-hydrogen) atoms. The van der Waals surface area contributed by atoms with Crippen molar-refractivity contribution in [2.24, 2.45) is 0 Å². The van der Waals surface area contributed by atoms with Crippen molar-refractivity contribution in [1.82, 2.24) is 0 Å². The van der Waals surface area contributed by atoms with Gasteiger partial charge in [-0.05, 0) is 21.9 Å². The quantitative estimate of drug-likeness (QED) is 0.754. The summed E-state index contributed by atoms with van der Waals surface area (Å²) in [6.45, 7) is 0.0679. The van der Waals surface area contributed by atoms with Crippen LogP contribution in [0.2, 0.25) is 0 Å². The predicted octanol–water partition coefficient (Wildman–Crippen LogP) is 1.82. The van der Waals surface area contributed by atoms with Gasteiger partial charge in [-0.2, -0.15) is 0 Å². The Labute approximate surface area is 82.4 Å². The van der Waals surface area contributed by atoms with Crippen LogP contribution in [0.4, 0.5) is 0 Å². The largest absolute Gasteiger partial charge is 0.392 e. The maximum atomic E-state index is 9.14. The van der Waals surface area contributed by atoms with E-state index in [0.29, 0.717) is 0 Å². The number of aliphatic hydroxyl groups is 2. The molecule has 0 heterocycles. The van der Waals surface area contributed by atoms with Crippen LogP contribution in [0.1, 0.15) is 11.1 Å². The maximum absolute atomic E-state index is 9.14. The Morgan fingerprint density at radius 2 is 1.14 bits per heavy atom. The highest BCUT2D eigenvalue weighted by atomic mass is 16.3. The highest BCUT2D eigenvalue weighted by Crippen LogP contribution is 2.22. The van der Waals surface area contributed by atoms with E-state index >= 15 is 0 Å². The Kier molecular flexibility index (Phi) is 2.48. The van der Waals surface area contributed by atoms with E-state index in [4.69, 9.17) is 10.2 Å². The number of hydrogen-bond donors (Lipinski definition) is 2. The molecular weight excluding hydrogens is 176 g/mol. The van der Waals surface area contributed by atoms with Gasteiger partial charge in [0.1, 0.15) is 0 Å². The fourth-order valence-corrected chi connectivity index (χ4v) is 1.70. The van der Waals surface area contributed by atoms with E-state index in [1.54, 1.807) is 0 Å². The molecule has 0 atom stereocenters. The van der Waals surface area contributed by atoms with Gasteiger partial charge in [0.25, 0.3) is 0 Å². The summed E-state index contributed by atoms with van der Waals surface area (Å²) in [6, 6.07) is 11.5. The summed E-state index contributed by atoms with van der Waals surface area (Å²) in [5.74, 6) is 0. The SMILES string of the molecule is OCc1ccc(CO)c2ccccc12. The molecule has 2 N–H and O–H groups in total. The fourth-order valence-electron chi connectivity index (χ4n) is 1.70. The highest BCUT2D eigenvalue weighted by molar-refractivity contribution is 5.88. The molecule has 0 bridgehead atoms. The second kappa shape index (κ2) is 3.78. The van der Waals surface area contributed by atoms with Crippen LogP contribution in [0, 0.1) is 0 Å². The van der Waals surface area contributed by atoms with Gasteiger partial charge < -0.3 is 10.2 Å². The van der Waals surface area contributed by atoms with Gasteiger partial charge in [0, 0.05) is 0 Å². The fraction of sp³-hybridized carbons (Fsp3) is 0.167. The number of rotatable bonds is 2. The lowest BCUT2D eigenvalue weighted by Crippen LogP contribution is -1.91. The first-order chi connectivity index (χ1) is 6.86. The van der Waals surface area contributed by atoms with Crippen LogP contribution in [-0.4, -0.2) is 10.2 Å². The third-order valence-corrected chi connectivity index (χ3v) is 2.45. The number of benzene rings is 2. The Morgan fingerprint density at radius 3 is 1.50 bits per heavy atom. The first-order valence-corrected chi connectivity index (χ1v) is 4.58. The molecule has 0 radical (unpaired) electrons. The van der Waals surface area contributed by atoms with Crippen molar-refractivity contribution in [3.05, 3.63) is 47.5 Å². The lowest BCUT2D eigenvalue weighted by atomic mass is 10.0. The first kappa shape index (κ1) is 9.19. The Morgan fingerprint density at radius 1 is 0.714 bits per heavy atom. The molecule has 72 valence electrons. The number of fused-ring (bicyclic) bond motifs is 1. The molecule has 2 rings (SSSR count). The summed E-state index contributed by atoms with van der Waals surface area (Å²) in [7, 11) is 0. The zero-order valence-electron chi connectivity index (χ0n) is 7.77. The third kappa shape index (κ3) is 1.39. The zero-order chi connectivity index (χ0) is 9.97. The molecule has 2 heteroatoms. The van der Waals surface area contributed by atoms with Crippen LogP contribution in [0.5, 0.6) is 0 Å². The van der Waals surface area contributed by atoms with Crippen LogP contribution in [-0.2, 0) is 13.2 Å². The smallest absolute Gasteiger partial charge is 0.0687 e. The lowest BCUT2D eigenvalue weighted by molar-refractivity contribution is 0.280. The molecule has 0 saturated carbocycles. The van der Waals surface area contributed by atoms with E-state index in [0.717, 1.165) is 21.9 Å². The molecule has 0 saturated heterocycles. The highest BCUT2D eigenvalue weighted by Gasteiger charge is 2.03. The van der Waals surface area contributed by atoms with E-state index in [1.165, 1.54) is 0 Å². The van der Waals surface area contributed by atoms with Crippen molar-refractivity contribution in [2.75, 3.05) is 0 Å². The number of hydrogen-bond acceptors (Lipinski definition) is 2. The van der Waals surface area contributed by atoms with Crippen LogP contribution < -0.4 is 0 Å². The minimum absolute atomic E-state index is 0.0340. The Bertz CT molecular complexity index is 407. The van der Waals surface area contributed by atoms with Gasteiger partial charge in [-0.3, -0.25) is 0 Å². The monoisotopic (exact) mass is 188 g/mol. The minimum Gasteiger partial charge on any atom is -0.392 e. The van der Waals surface area contributed by atoms with Gasteiger partial charge in [0.2, 0.25) is 0 Å². The summed E-state index contributed by atoms with van der Waals surface area (Å²) in [5.41, 5.74) is 1.80. The molecule has 0 unspecified atom stereocenters. The topological polar surface area (TPSA) is 40.5 Å². The molecular formula is C12H12O2. The Hall–Kier alpha value is -1.38. The molecule has 2 aromatic carbocycles. The van der Waals surface area contributed by atoms with Gasteiger partial charge in [-0.1, -0.05) is 36.4 Å². The normalized spacial score (nSPS) is 10.7. The second-order valence-corrected chi connectivity index (χ2v) is 3.25. The van der Waals surface area contributed by atoms with Crippen LogP contribution in [0.15, 0.2) is 36.4 Å². The van der Waals surface area contributed by atoms with E-state index < -0.39 is 0 Å². The molecule has 2 nitrogen and oxygen atoms in total. The van der Waals surface area contributed by atoms with Gasteiger partial charge in [0.15, 0.2) is 0 Å². The van der Waals surface area contributed by atoms with Crippen molar-refractivity contribution in [3.63, 3.8) is 0 Å². The van der Waals surface area contributed by atoms with Crippen LogP contribution in [0.3, 0.4) is 0 Å². The summed E-state index contributed by atoms with van der Waals surface area (Å²) in [6.07, 6.45) is 0. The lowest BCUT2D eigenvalue weighted by Gasteiger charge is -2.07. The summed E-state index contributed by atoms with van der Waals surface area (Å²) < 4.78 is 0. The Balaban J connectivity index is 2.78. The van der Waals surface area contributed by atoms with Gasteiger partial charge in [-0.15, -0.1) is 0 Å². The van der Waals surface area contributed by atoms with Gasteiger partial charge >= 0.3 is 0 Å². The van der Waals surface area contributed by atoms with Gasteiger partial charge in [0.05, 0.1) is 13.2 Å². The van der Waals surface area contributed by atoms with E-state index in [-0.39, 0.29) is 13.2 Å². The van der Waals surface area contributed by atoms with Crippen molar-refractivity contribution >= 4 is 10.8 Å². The molecule has 2 aromatic rings. The van der Waals surface area contributed by atoms with Crippen molar-refractivity contribution < 1.29 is 10.2 Å². The zero-order valence-corrected chi connectivity index (χ0v) is 7.77. The standard InChI is InChI=1S/C12H12O2/c13-7-9-5-6-10(8-14)12-4-2-1-3-11(9)12/h1-6,13-14H,7-8H2. The second-order valence-electron chi connectivity index (χ2n) is 3.25. The molecule has 0 amide bonds. The minimum atomic E-state index is 0.0340. The van der Waals surface area contributed by atoms with E-state index in [9.17, 15) is 0 Å². The average molecular weight is 188 g/mol. The summed E-state index contributed by atoms with van der Waals surface area (Å²) in [5, 5.41) is 20.3. The van der Waals surface area contributed by atoms with Crippen LogP contribution >= 0.6 is 0 Å². The maximum Gasteiger partial charge on any atom is 0.0687 e. The van der Waals surface area contributed by atoms with Crippen LogP contribution in [0.25, 0.3) is 10.8 Å². The van der Waals surface area contributed by atoms with Crippen molar-refractivity contribution in [3.8, 4) is 0 Å². The third-order valence-electron chi connectivity index (χ3n) is 2.45. The molecule has 0 aliphatic rings. The summed E-state index contributed by atoms with van der Waals surface area (Å²) in [4.78, 5) is 0. The first-order valence-electron chi connectivity index (χ1n) is 4.58. The molecule has 0 aliphatic carbocycles. The van der Waals surface area contributed by atoms with Gasteiger partial charge in [-0.25, -0.2) is 0 Å². The molecule has 0 spiro atoms. The number of aliphatic hydroxyl groups excluding tert-OH is 2. The molecule has 0 aromatic heterocycles. The molecule has 0 fully saturated rings. The van der Waals surface area contributed by atoms with Crippen molar-refractivity contribution in [1.29, 1.82) is 0 Å². The van der Waals surface area contributed by atoms with E-state index in [2.05, 4.69) is 0 Å². The van der Waals surface area contributed by atoms with Crippen molar-refractivity contribution in [2.45, 2.75) is 13.2 Å². The van der Waals surface area contributed by atoms with E-state index in [1.807, 2.05) is 36.4 Å².